The van der Waals surface area contributed by atoms with Gasteiger partial charge in [0, 0.05) is 50.2 Å². The number of ether oxygens (including phenoxy) is 1. The van der Waals surface area contributed by atoms with E-state index >= 15 is 0 Å². The summed E-state index contributed by atoms with van der Waals surface area (Å²) in [6, 6.07) is 0.648. The van der Waals surface area contributed by atoms with Gasteiger partial charge in [0.25, 0.3) is 0 Å². The maximum Gasteiger partial charge on any atom is 0.222 e. The van der Waals surface area contributed by atoms with Gasteiger partial charge < -0.3 is 10.1 Å². The third kappa shape index (κ3) is 4.96. The van der Waals surface area contributed by atoms with Crippen molar-refractivity contribution in [2.75, 3.05) is 38.1 Å². The summed E-state index contributed by atoms with van der Waals surface area (Å²) in [5.74, 6) is 2.28. The Kier molecular flexibility index (Phi) is 6.55. The van der Waals surface area contributed by atoms with Crippen LogP contribution in [0.4, 0.5) is 5.95 Å². The molecule has 0 spiro atoms. The summed E-state index contributed by atoms with van der Waals surface area (Å²) in [5, 5.41) is 3.29. The van der Waals surface area contributed by atoms with Gasteiger partial charge in [-0.2, -0.15) is 0 Å². The fourth-order valence-corrected chi connectivity index (χ4v) is 4.72. The normalized spacial score (nSPS) is 30.0. The second-order valence-corrected chi connectivity index (χ2v) is 8.26. The van der Waals surface area contributed by atoms with Crippen molar-refractivity contribution in [3.63, 3.8) is 0 Å². The highest BCUT2D eigenvalue weighted by molar-refractivity contribution is 5.25. The number of likely N-dealkylation sites (tertiary alicyclic amines) is 1. The maximum atomic E-state index is 5.63. The summed E-state index contributed by atoms with van der Waals surface area (Å²) in [6.45, 7) is 8.39. The number of nitrogens with zero attached hydrogens (tertiary/aromatic N) is 3. The molecule has 3 aliphatic rings. The number of aromatic nitrogens is 2. The van der Waals surface area contributed by atoms with E-state index in [-0.39, 0.29) is 0 Å². The largest absolute Gasteiger partial charge is 0.376 e. The van der Waals surface area contributed by atoms with Gasteiger partial charge in [-0.25, -0.2) is 9.97 Å². The Morgan fingerprint density at radius 1 is 1.22 bits per heavy atom. The van der Waals surface area contributed by atoms with Crippen molar-refractivity contribution >= 4 is 5.95 Å². The predicted octanol–water partition coefficient (Wildman–Crippen LogP) is 1.78. The fourth-order valence-electron chi connectivity index (χ4n) is 4.72. The molecule has 0 radical (unpaired) electrons. The van der Waals surface area contributed by atoms with Gasteiger partial charge >= 0.3 is 0 Å². The molecule has 0 amide bonds. The topological polar surface area (TPSA) is 74.3 Å². The number of hydrogen-bond donors (Lipinski definition) is 3. The number of rotatable bonds is 7. The van der Waals surface area contributed by atoms with Gasteiger partial charge in [0.05, 0.1) is 6.10 Å². The van der Waals surface area contributed by atoms with Gasteiger partial charge in [0.15, 0.2) is 0 Å². The van der Waals surface area contributed by atoms with Crippen LogP contribution in [0.25, 0.3) is 0 Å². The van der Waals surface area contributed by atoms with Gasteiger partial charge in [-0.3, -0.25) is 15.8 Å². The summed E-state index contributed by atoms with van der Waals surface area (Å²) in [7, 11) is 0. The summed E-state index contributed by atoms with van der Waals surface area (Å²) < 4.78 is 5.63. The van der Waals surface area contributed by atoms with Crippen molar-refractivity contribution in [2.24, 2.45) is 11.8 Å². The summed E-state index contributed by atoms with van der Waals surface area (Å²) in [5.41, 5.74) is 8.08. The number of hydrogen-bond acceptors (Lipinski definition) is 7. The molecule has 4 rings (SSSR count). The second-order valence-electron chi connectivity index (χ2n) is 8.26. The third-order valence-corrected chi connectivity index (χ3v) is 6.43. The van der Waals surface area contributed by atoms with E-state index in [1.165, 1.54) is 24.8 Å². The zero-order valence-electron chi connectivity index (χ0n) is 16.5. The lowest BCUT2D eigenvalue weighted by molar-refractivity contribution is 0.120. The van der Waals surface area contributed by atoms with Crippen LogP contribution in [0.3, 0.4) is 0 Å². The molecule has 3 N–H and O–H groups in total. The van der Waals surface area contributed by atoms with E-state index in [1.807, 2.05) is 12.4 Å². The van der Waals surface area contributed by atoms with E-state index in [2.05, 4.69) is 38.0 Å². The zero-order chi connectivity index (χ0) is 18.5. The molecule has 4 heterocycles. The molecule has 3 unspecified atom stereocenters. The minimum absolute atomic E-state index is 0.312. The summed E-state index contributed by atoms with van der Waals surface area (Å²) in [6.07, 6.45) is 10.3. The van der Waals surface area contributed by atoms with Crippen LogP contribution in [0.2, 0.25) is 0 Å². The van der Waals surface area contributed by atoms with Gasteiger partial charge in [-0.1, -0.05) is 13.3 Å². The molecule has 1 aromatic heterocycles. The van der Waals surface area contributed by atoms with E-state index in [0.29, 0.717) is 18.1 Å². The Balaban J connectivity index is 1.20. The van der Waals surface area contributed by atoms with Gasteiger partial charge in [-0.05, 0) is 50.6 Å². The molecular weight excluding hydrogens is 340 g/mol. The molecular formula is C20H34N6O. The van der Waals surface area contributed by atoms with Crippen LogP contribution in [-0.4, -0.2) is 59.8 Å². The average Bonchev–Trinajstić information content (AvgIpc) is 3.40. The summed E-state index contributed by atoms with van der Waals surface area (Å²) >= 11 is 0. The van der Waals surface area contributed by atoms with E-state index in [9.17, 15) is 0 Å². The highest BCUT2D eigenvalue weighted by Gasteiger charge is 2.34. The van der Waals surface area contributed by atoms with Crippen LogP contribution < -0.4 is 16.2 Å². The first kappa shape index (κ1) is 19.1. The minimum atomic E-state index is 0.312. The minimum Gasteiger partial charge on any atom is -0.376 e. The van der Waals surface area contributed by atoms with Crippen LogP contribution in [0.5, 0.6) is 0 Å². The van der Waals surface area contributed by atoms with Gasteiger partial charge in [0.2, 0.25) is 5.95 Å². The maximum absolute atomic E-state index is 5.63. The first-order valence-electron chi connectivity index (χ1n) is 10.7. The van der Waals surface area contributed by atoms with Crippen LogP contribution in [-0.2, 0) is 11.3 Å². The molecule has 7 heteroatoms. The van der Waals surface area contributed by atoms with Crippen LogP contribution in [0, 0.1) is 11.8 Å². The highest BCUT2D eigenvalue weighted by Crippen LogP contribution is 2.28. The SMILES string of the molecule is CCC1CNNC1C1CCN(Cc2cnc(NCC3CCCO3)nc2)CC1. The van der Waals surface area contributed by atoms with Crippen molar-refractivity contribution in [3.05, 3.63) is 18.0 Å². The van der Waals surface area contributed by atoms with Crippen molar-refractivity contribution < 1.29 is 4.74 Å². The van der Waals surface area contributed by atoms with Crippen LogP contribution >= 0.6 is 0 Å². The smallest absolute Gasteiger partial charge is 0.222 e. The second kappa shape index (κ2) is 9.28. The molecule has 3 saturated heterocycles. The quantitative estimate of drug-likeness (QED) is 0.672. The molecule has 150 valence electrons. The third-order valence-electron chi connectivity index (χ3n) is 6.43. The van der Waals surface area contributed by atoms with Crippen molar-refractivity contribution in [2.45, 2.75) is 57.7 Å². The number of anilines is 1. The summed E-state index contributed by atoms with van der Waals surface area (Å²) in [4.78, 5) is 11.5. The Hall–Kier alpha value is -1.28. The Bertz CT molecular complexity index is 568. The monoisotopic (exact) mass is 374 g/mol. The number of nitrogens with one attached hydrogen (secondary N) is 3. The number of hydrazine groups is 1. The molecule has 0 aromatic carbocycles. The molecule has 3 aliphatic heterocycles. The Labute approximate surface area is 162 Å². The molecule has 3 atom stereocenters. The van der Waals surface area contributed by atoms with E-state index in [1.54, 1.807) is 0 Å². The van der Waals surface area contributed by atoms with Crippen LogP contribution in [0.15, 0.2) is 12.4 Å². The first-order chi connectivity index (χ1) is 13.3. The Morgan fingerprint density at radius 2 is 2.04 bits per heavy atom. The predicted molar refractivity (Wildman–Crippen MR) is 106 cm³/mol. The van der Waals surface area contributed by atoms with Gasteiger partial charge in [0.1, 0.15) is 0 Å². The van der Waals surface area contributed by atoms with Crippen molar-refractivity contribution in [3.8, 4) is 0 Å². The zero-order valence-corrected chi connectivity index (χ0v) is 16.5. The fraction of sp³-hybridized carbons (Fsp3) is 0.800. The lowest BCUT2D eigenvalue weighted by Crippen LogP contribution is -2.44. The molecule has 7 nitrogen and oxygen atoms in total. The standard InChI is InChI=1S/C20H34N6O/c1-2-16-12-24-25-19(16)17-5-7-26(8-6-17)14-15-10-21-20(22-11-15)23-13-18-4-3-9-27-18/h10-11,16-19,24-25H,2-9,12-14H2,1H3,(H,21,22,23). The van der Waals surface area contributed by atoms with Crippen LogP contribution in [0.1, 0.15) is 44.6 Å². The molecule has 27 heavy (non-hydrogen) atoms. The number of piperidine rings is 1. The lowest BCUT2D eigenvalue weighted by Gasteiger charge is -2.36. The lowest BCUT2D eigenvalue weighted by atomic mass is 9.82. The highest BCUT2D eigenvalue weighted by atomic mass is 16.5. The molecule has 3 fully saturated rings. The van der Waals surface area contributed by atoms with E-state index in [4.69, 9.17) is 4.74 Å². The van der Waals surface area contributed by atoms with Crippen molar-refractivity contribution in [1.29, 1.82) is 0 Å². The van der Waals surface area contributed by atoms with Crippen molar-refractivity contribution in [1.82, 2.24) is 25.7 Å². The first-order valence-corrected chi connectivity index (χ1v) is 10.7. The molecule has 0 aliphatic carbocycles. The average molecular weight is 375 g/mol. The molecule has 0 bridgehead atoms. The molecule has 1 aromatic rings. The Morgan fingerprint density at radius 3 is 2.74 bits per heavy atom. The van der Waals surface area contributed by atoms with E-state index < -0.39 is 0 Å². The van der Waals surface area contributed by atoms with Gasteiger partial charge in [-0.15, -0.1) is 0 Å². The molecule has 0 saturated carbocycles. The van der Waals surface area contributed by atoms with E-state index in [0.717, 1.165) is 64.0 Å².